The average Bonchev–Trinajstić information content (AvgIpc) is 2.12. The first kappa shape index (κ1) is 11.7. The Morgan fingerprint density at radius 3 is 2.73 bits per heavy atom. The Bertz CT molecular complexity index is 349. The van der Waals surface area contributed by atoms with E-state index in [2.05, 4.69) is 9.97 Å². The maximum absolute atomic E-state index is 10.8. The van der Waals surface area contributed by atoms with E-state index in [-0.39, 0.29) is 6.54 Å². The van der Waals surface area contributed by atoms with Crippen LogP contribution in [0.5, 0.6) is 0 Å². The zero-order chi connectivity index (χ0) is 11.4. The molecule has 1 heterocycles. The Morgan fingerprint density at radius 2 is 2.27 bits per heavy atom. The maximum Gasteiger partial charge on any atom is 0.236 e. The summed E-state index contributed by atoms with van der Waals surface area (Å²) in [7, 11) is 0. The summed E-state index contributed by atoms with van der Waals surface area (Å²) in [5.74, 6) is 0.790. The summed E-state index contributed by atoms with van der Waals surface area (Å²) in [6.07, 6.45) is 0. The van der Waals surface area contributed by atoms with Crippen LogP contribution in [0.15, 0.2) is 6.07 Å². The zero-order valence-corrected chi connectivity index (χ0v) is 9.45. The fourth-order valence-electron chi connectivity index (χ4n) is 1.22. The number of amides is 1. The van der Waals surface area contributed by atoms with Gasteiger partial charge in [0.2, 0.25) is 5.91 Å². The molecular formula is C9H13ClN4O. The zero-order valence-electron chi connectivity index (χ0n) is 8.70. The number of hydrogen-bond acceptors (Lipinski definition) is 4. The molecule has 0 saturated heterocycles. The molecule has 0 aliphatic heterocycles. The predicted octanol–water partition coefficient (Wildman–Crippen LogP) is 0.750. The van der Waals surface area contributed by atoms with Crippen molar-refractivity contribution in [3.05, 3.63) is 17.0 Å². The second-order valence-corrected chi connectivity index (χ2v) is 3.46. The van der Waals surface area contributed by atoms with Gasteiger partial charge >= 0.3 is 0 Å². The number of carbonyl (C=O) groups excluding carboxylic acids is 1. The minimum atomic E-state index is -0.399. The molecule has 0 bridgehead atoms. The predicted molar refractivity (Wildman–Crippen MR) is 58.9 cm³/mol. The minimum absolute atomic E-state index is 0.128. The second-order valence-electron chi connectivity index (χ2n) is 3.08. The molecule has 1 aromatic heterocycles. The third kappa shape index (κ3) is 3.36. The number of halogens is 1. The van der Waals surface area contributed by atoms with Gasteiger partial charge in [-0.15, -0.1) is 0 Å². The average molecular weight is 229 g/mol. The van der Waals surface area contributed by atoms with Gasteiger partial charge in [-0.3, -0.25) is 4.79 Å². The molecule has 0 radical (unpaired) electrons. The number of aryl methyl sites for hydroxylation is 1. The van der Waals surface area contributed by atoms with Crippen LogP contribution in [0.25, 0.3) is 0 Å². The topological polar surface area (TPSA) is 72.1 Å². The third-order valence-electron chi connectivity index (χ3n) is 1.85. The summed E-state index contributed by atoms with van der Waals surface area (Å²) < 4.78 is 0. The molecule has 15 heavy (non-hydrogen) atoms. The summed E-state index contributed by atoms with van der Waals surface area (Å²) in [4.78, 5) is 20.7. The molecule has 0 fully saturated rings. The normalized spacial score (nSPS) is 10.1. The van der Waals surface area contributed by atoms with Gasteiger partial charge in [0.05, 0.1) is 6.54 Å². The highest BCUT2D eigenvalue weighted by Gasteiger charge is 2.10. The lowest BCUT2D eigenvalue weighted by Gasteiger charge is -2.20. The summed E-state index contributed by atoms with van der Waals surface area (Å²) >= 11 is 5.79. The largest absolute Gasteiger partial charge is 0.368 e. The minimum Gasteiger partial charge on any atom is -0.368 e. The van der Waals surface area contributed by atoms with Crippen LogP contribution in [0.4, 0.5) is 5.82 Å². The first-order valence-electron chi connectivity index (χ1n) is 4.57. The summed E-state index contributed by atoms with van der Waals surface area (Å²) in [6, 6.07) is 1.61. The highest BCUT2D eigenvalue weighted by Crippen LogP contribution is 2.15. The van der Waals surface area contributed by atoms with Crippen molar-refractivity contribution in [2.75, 3.05) is 18.0 Å². The fourth-order valence-corrected chi connectivity index (χ4v) is 1.44. The van der Waals surface area contributed by atoms with Gasteiger partial charge in [-0.2, -0.15) is 0 Å². The quantitative estimate of drug-likeness (QED) is 0.772. The molecule has 1 rings (SSSR count). The van der Waals surface area contributed by atoms with E-state index in [0.29, 0.717) is 23.3 Å². The lowest BCUT2D eigenvalue weighted by molar-refractivity contribution is -0.116. The van der Waals surface area contributed by atoms with Crippen LogP contribution >= 0.6 is 11.6 Å². The van der Waals surface area contributed by atoms with Crippen LogP contribution in [-0.4, -0.2) is 29.0 Å². The third-order valence-corrected chi connectivity index (χ3v) is 2.04. The highest BCUT2D eigenvalue weighted by molar-refractivity contribution is 6.29. The molecule has 0 atom stereocenters. The number of likely N-dealkylation sites (N-methyl/N-ethyl adjacent to an activating group) is 1. The number of nitrogens with zero attached hydrogens (tertiary/aromatic N) is 3. The number of anilines is 1. The maximum atomic E-state index is 10.8. The van der Waals surface area contributed by atoms with Crippen LogP contribution in [0.2, 0.25) is 5.15 Å². The molecule has 5 nitrogen and oxygen atoms in total. The van der Waals surface area contributed by atoms with E-state index >= 15 is 0 Å². The molecule has 0 aliphatic carbocycles. The van der Waals surface area contributed by atoms with Crippen molar-refractivity contribution in [1.82, 2.24) is 9.97 Å². The Morgan fingerprint density at radius 1 is 1.60 bits per heavy atom. The number of primary amides is 1. The van der Waals surface area contributed by atoms with Gasteiger partial charge in [0, 0.05) is 12.6 Å². The lowest BCUT2D eigenvalue weighted by Crippen LogP contribution is -2.34. The Labute approximate surface area is 93.3 Å². The molecule has 0 aromatic carbocycles. The van der Waals surface area contributed by atoms with Gasteiger partial charge in [-0.05, 0) is 13.8 Å². The van der Waals surface area contributed by atoms with E-state index in [4.69, 9.17) is 17.3 Å². The van der Waals surface area contributed by atoms with Crippen molar-refractivity contribution >= 4 is 23.3 Å². The highest BCUT2D eigenvalue weighted by atomic mass is 35.5. The second kappa shape index (κ2) is 4.93. The first-order chi connectivity index (χ1) is 7.02. The van der Waals surface area contributed by atoms with Gasteiger partial charge in [-0.1, -0.05) is 11.6 Å². The van der Waals surface area contributed by atoms with Crippen molar-refractivity contribution in [1.29, 1.82) is 0 Å². The molecule has 6 heteroatoms. The molecular weight excluding hydrogens is 216 g/mol. The van der Waals surface area contributed by atoms with Gasteiger partial charge in [0.15, 0.2) is 0 Å². The number of hydrogen-bond donors (Lipinski definition) is 1. The lowest BCUT2D eigenvalue weighted by atomic mass is 10.4. The first-order valence-corrected chi connectivity index (χ1v) is 4.95. The Hall–Kier alpha value is -1.36. The van der Waals surface area contributed by atoms with Crippen molar-refractivity contribution in [3.63, 3.8) is 0 Å². The standard InChI is InChI=1S/C9H13ClN4O/c1-3-14(5-8(11)15)9-4-7(10)12-6(2)13-9/h4H,3,5H2,1-2H3,(H2,11,15). The van der Waals surface area contributed by atoms with Gasteiger partial charge in [0.25, 0.3) is 0 Å². The van der Waals surface area contributed by atoms with Gasteiger partial charge in [0.1, 0.15) is 16.8 Å². The van der Waals surface area contributed by atoms with Crippen LogP contribution in [0.1, 0.15) is 12.7 Å². The molecule has 0 aliphatic rings. The van der Waals surface area contributed by atoms with Crippen LogP contribution < -0.4 is 10.6 Å². The number of rotatable bonds is 4. The van der Waals surface area contributed by atoms with Gasteiger partial charge in [-0.25, -0.2) is 9.97 Å². The van der Waals surface area contributed by atoms with E-state index in [1.54, 1.807) is 17.9 Å². The summed E-state index contributed by atoms with van der Waals surface area (Å²) in [6.45, 7) is 4.42. The smallest absolute Gasteiger partial charge is 0.236 e. The number of aromatic nitrogens is 2. The molecule has 2 N–H and O–H groups in total. The molecule has 82 valence electrons. The SMILES string of the molecule is CCN(CC(N)=O)c1cc(Cl)nc(C)n1. The summed E-state index contributed by atoms with van der Waals surface area (Å²) in [5.41, 5.74) is 5.13. The van der Waals surface area contributed by atoms with Crippen molar-refractivity contribution in [2.45, 2.75) is 13.8 Å². The van der Waals surface area contributed by atoms with E-state index in [1.165, 1.54) is 0 Å². The monoisotopic (exact) mass is 228 g/mol. The van der Waals surface area contributed by atoms with Crippen molar-refractivity contribution in [2.24, 2.45) is 5.73 Å². The number of carbonyl (C=O) groups is 1. The Kier molecular flexibility index (Phi) is 3.85. The van der Waals surface area contributed by atoms with Crippen LogP contribution in [0.3, 0.4) is 0 Å². The van der Waals surface area contributed by atoms with Crippen LogP contribution in [0, 0.1) is 6.92 Å². The van der Waals surface area contributed by atoms with E-state index < -0.39 is 5.91 Å². The van der Waals surface area contributed by atoms with E-state index in [0.717, 1.165) is 0 Å². The molecule has 1 amide bonds. The number of nitrogens with two attached hydrogens (primary N) is 1. The summed E-state index contributed by atoms with van der Waals surface area (Å²) in [5, 5.41) is 0.362. The van der Waals surface area contributed by atoms with E-state index in [1.807, 2.05) is 6.92 Å². The Balaban J connectivity index is 2.95. The van der Waals surface area contributed by atoms with Crippen LogP contribution in [-0.2, 0) is 4.79 Å². The fraction of sp³-hybridized carbons (Fsp3) is 0.444. The molecule has 0 unspecified atom stereocenters. The molecule has 1 aromatic rings. The molecule has 0 spiro atoms. The molecule has 0 saturated carbocycles. The van der Waals surface area contributed by atoms with E-state index in [9.17, 15) is 4.79 Å². The van der Waals surface area contributed by atoms with Gasteiger partial charge < -0.3 is 10.6 Å². The van der Waals surface area contributed by atoms with Crippen molar-refractivity contribution < 1.29 is 4.79 Å². The van der Waals surface area contributed by atoms with Crippen molar-refractivity contribution in [3.8, 4) is 0 Å².